The lowest BCUT2D eigenvalue weighted by atomic mass is 10.1. The minimum atomic E-state index is -0.179. The molecule has 0 atom stereocenters. The smallest absolute Gasteiger partial charge is 0.230 e. The second kappa shape index (κ2) is 6.74. The normalized spacial score (nSPS) is 10.3. The topological polar surface area (TPSA) is 77.2 Å². The third-order valence-corrected chi connectivity index (χ3v) is 3.32. The van der Waals surface area contributed by atoms with Crippen molar-refractivity contribution in [2.24, 2.45) is 0 Å². The average Bonchev–Trinajstić information content (AvgIpc) is 3.03. The molecule has 0 bridgehead atoms. The summed E-state index contributed by atoms with van der Waals surface area (Å²) in [5.41, 5.74) is 2.18. The van der Waals surface area contributed by atoms with E-state index in [0.717, 1.165) is 16.9 Å². The predicted molar refractivity (Wildman–Crippen MR) is 85.1 cm³/mol. The van der Waals surface area contributed by atoms with E-state index in [1.165, 1.54) is 0 Å². The molecule has 1 amide bonds. The Bertz CT molecular complexity index is 782. The van der Waals surface area contributed by atoms with Gasteiger partial charge in [0.05, 0.1) is 13.5 Å². The number of carbonyl (C=O) groups is 1. The lowest BCUT2D eigenvalue weighted by Gasteiger charge is -2.04. The fraction of sp³-hybridized carbons (Fsp3) is 0.118. The molecule has 0 aliphatic carbocycles. The van der Waals surface area contributed by atoms with Crippen LogP contribution in [0.15, 0.2) is 59.2 Å². The van der Waals surface area contributed by atoms with Crippen molar-refractivity contribution in [3.05, 3.63) is 60.2 Å². The molecule has 116 valence electrons. The molecule has 1 N–H and O–H groups in total. The molecule has 0 fully saturated rings. The van der Waals surface area contributed by atoms with E-state index < -0.39 is 0 Å². The van der Waals surface area contributed by atoms with Crippen molar-refractivity contribution in [2.75, 3.05) is 12.4 Å². The predicted octanol–water partition coefficient (Wildman–Crippen LogP) is 2.93. The molecule has 0 unspecified atom stereocenters. The molecule has 3 aromatic rings. The van der Waals surface area contributed by atoms with E-state index in [2.05, 4.69) is 15.6 Å². The van der Waals surface area contributed by atoms with Crippen molar-refractivity contribution < 1.29 is 14.2 Å². The van der Waals surface area contributed by atoms with Gasteiger partial charge in [0, 0.05) is 5.56 Å². The highest BCUT2D eigenvalue weighted by Gasteiger charge is 2.15. The molecule has 6 nitrogen and oxygen atoms in total. The van der Waals surface area contributed by atoms with Gasteiger partial charge in [-0.05, 0) is 40.1 Å². The van der Waals surface area contributed by atoms with E-state index >= 15 is 0 Å². The molecule has 1 aromatic heterocycles. The van der Waals surface area contributed by atoms with E-state index in [9.17, 15) is 4.79 Å². The Morgan fingerprint density at radius 3 is 2.52 bits per heavy atom. The zero-order valence-electron chi connectivity index (χ0n) is 12.5. The maximum atomic E-state index is 12.1. The monoisotopic (exact) mass is 309 g/mol. The lowest BCUT2D eigenvalue weighted by Crippen LogP contribution is -2.15. The highest BCUT2D eigenvalue weighted by Crippen LogP contribution is 2.26. The third-order valence-electron chi connectivity index (χ3n) is 3.32. The molecule has 0 saturated carbocycles. The third kappa shape index (κ3) is 3.55. The highest BCUT2D eigenvalue weighted by molar-refractivity contribution is 5.94. The van der Waals surface area contributed by atoms with E-state index in [0.29, 0.717) is 11.5 Å². The largest absolute Gasteiger partial charge is 0.497 e. The zero-order chi connectivity index (χ0) is 16.1. The first-order valence-corrected chi connectivity index (χ1v) is 7.07. The van der Waals surface area contributed by atoms with Crippen LogP contribution in [0.4, 0.5) is 5.82 Å². The Morgan fingerprint density at radius 1 is 1.09 bits per heavy atom. The average molecular weight is 309 g/mol. The van der Waals surface area contributed by atoms with Gasteiger partial charge in [-0.15, -0.1) is 0 Å². The molecule has 0 radical (unpaired) electrons. The second-order valence-electron chi connectivity index (χ2n) is 4.90. The van der Waals surface area contributed by atoms with Crippen molar-refractivity contribution in [1.82, 2.24) is 10.3 Å². The summed E-state index contributed by atoms with van der Waals surface area (Å²) < 4.78 is 9.88. The molecule has 0 aliphatic rings. The van der Waals surface area contributed by atoms with Gasteiger partial charge in [-0.2, -0.15) is 0 Å². The van der Waals surface area contributed by atoms with Crippen LogP contribution in [0.2, 0.25) is 0 Å². The molecular weight excluding hydrogens is 294 g/mol. The van der Waals surface area contributed by atoms with Crippen LogP contribution in [0, 0.1) is 0 Å². The van der Waals surface area contributed by atoms with E-state index in [1.807, 2.05) is 42.5 Å². The van der Waals surface area contributed by atoms with Gasteiger partial charge in [0.1, 0.15) is 5.75 Å². The molecular formula is C17H15N3O3. The quantitative estimate of drug-likeness (QED) is 0.784. The molecule has 23 heavy (non-hydrogen) atoms. The number of methoxy groups -OCH3 is 1. The number of anilines is 1. The molecule has 6 heteroatoms. The van der Waals surface area contributed by atoms with Gasteiger partial charge < -0.3 is 10.1 Å². The van der Waals surface area contributed by atoms with Crippen LogP contribution >= 0.6 is 0 Å². The van der Waals surface area contributed by atoms with E-state index in [1.54, 1.807) is 19.2 Å². The second-order valence-corrected chi connectivity index (χ2v) is 4.90. The Morgan fingerprint density at radius 2 is 1.83 bits per heavy atom. The summed E-state index contributed by atoms with van der Waals surface area (Å²) in [6.07, 6.45) is 0.260. The van der Waals surface area contributed by atoms with Crippen molar-refractivity contribution in [3.63, 3.8) is 0 Å². The highest BCUT2D eigenvalue weighted by atomic mass is 16.6. The minimum absolute atomic E-state index is 0.179. The summed E-state index contributed by atoms with van der Waals surface area (Å²) in [4.78, 5) is 12.1. The van der Waals surface area contributed by atoms with Gasteiger partial charge >= 0.3 is 0 Å². The van der Waals surface area contributed by atoms with Gasteiger partial charge in [-0.3, -0.25) is 4.79 Å². The minimum Gasteiger partial charge on any atom is -0.497 e. The Balaban J connectivity index is 1.74. The van der Waals surface area contributed by atoms with Crippen LogP contribution in [0.5, 0.6) is 5.75 Å². The van der Waals surface area contributed by atoms with E-state index in [4.69, 9.17) is 9.37 Å². The standard InChI is InChI=1S/C17H15N3O3/c1-22-14-9-7-13(8-10-14)16-17(20-23-19-16)18-15(21)11-12-5-3-2-4-6-12/h2-10H,11H2,1H3,(H,18,20,21). The van der Waals surface area contributed by atoms with Crippen LogP contribution in [0.1, 0.15) is 5.56 Å². The van der Waals surface area contributed by atoms with Crippen molar-refractivity contribution in [3.8, 4) is 17.0 Å². The van der Waals surface area contributed by atoms with Crippen molar-refractivity contribution in [1.29, 1.82) is 0 Å². The van der Waals surface area contributed by atoms with Gasteiger partial charge in [0.25, 0.3) is 0 Å². The number of benzene rings is 2. The number of carbonyl (C=O) groups excluding carboxylic acids is 1. The first-order valence-electron chi connectivity index (χ1n) is 7.07. The molecule has 1 heterocycles. The zero-order valence-corrected chi connectivity index (χ0v) is 12.5. The maximum Gasteiger partial charge on any atom is 0.230 e. The SMILES string of the molecule is COc1ccc(-c2nonc2NC(=O)Cc2ccccc2)cc1. The Labute approximate surface area is 133 Å². The van der Waals surface area contributed by atoms with Gasteiger partial charge in [-0.25, -0.2) is 4.63 Å². The summed E-state index contributed by atoms with van der Waals surface area (Å²) in [5.74, 6) is 0.859. The summed E-state index contributed by atoms with van der Waals surface area (Å²) >= 11 is 0. The first kappa shape index (κ1) is 14.8. The van der Waals surface area contributed by atoms with Crippen LogP contribution in [0.3, 0.4) is 0 Å². The summed E-state index contributed by atoms with van der Waals surface area (Å²) in [6.45, 7) is 0. The van der Waals surface area contributed by atoms with Gasteiger partial charge in [0.2, 0.25) is 11.7 Å². The number of hydrogen-bond acceptors (Lipinski definition) is 5. The molecule has 2 aromatic carbocycles. The lowest BCUT2D eigenvalue weighted by molar-refractivity contribution is -0.115. The number of rotatable bonds is 5. The number of nitrogens with zero attached hydrogens (tertiary/aromatic N) is 2. The van der Waals surface area contributed by atoms with Crippen LogP contribution in [-0.4, -0.2) is 23.3 Å². The summed E-state index contributed by atoms with van der Waals surface area (Å²) in [6, 6.07) is 16.7. The molecule has 0 spiro atoms. The number of amides is 1. The first-order chi connectivity index (χ1) is 11.3. The molecule has 0 aliphatic heterocycles. The summed E-state index contributed by atoms with van der Waals surface area (Å²) in [5, 5.41) is 10.4. The number of nitrogens with one attached hydrogen (secondary N) is 1. The van der Waals surface area contributed by atoms with Crippen LogP contribution in [-0.2, 0) is 11.2 Å². The van der Waals surface area contributed by atoms with Gasteiger partial charge in [-0.1, -0.05) is 30.3 Å². The fourth-order valence-electron chi connectivity index (χ4n) is 2.17. The summed E-state index contributed by atoms with van der Waals surface area (Å²) in [7, 11) is 1.60. The number of aromatic nitrogens is 2. The Kier molecular flexibility index (Phi) is 4.33. The van der Waals surface area contributed by atoms with Crippen LogP contribution in [0.25, 0.3) is 11.3 Å². The number of ether oxygens (including phenoxy) is 1. The maximum absolute atomic E-state index is 12.1. The van der Waals surface area contributed by atoms with Crippen molar-refractivity contribution in [2.45, 2.75) is 6.42 Å². The Hall–Kier alpha value is -3.15. The fourth-order valence-corrected chi connectivity index (χ4v) is 2.17. The van der Waals surface area contributed by atoms with Crippen molar-refractivity contribution >= 4 is 11.7 Å². The number of hydrogen-bond donors (Lipinski definition) is 1. The molecule has 3 rings (SSSR count). The van der Waals surface area contributed by atoms with Gasteiger partial charge in [0.15, 0.2) is 5.69 Å². The van der Waals surface area contributed by atoms with E-state index in [-0.39, 0.29) is 12.3 Å². The van der Waals surface area contributed by atoms with Crippen LogP contribution < -0.4 is 10.1 Å². The molecule has 0 saturated heterocycles.